The lowest BCUT2D eigenvalue weighted by atomic mass is 9.83. The van der Waals surface area contributed by atoms with Crippen LogP contribution in [0.5, 0.6) is 0 Å². The van der Waals surface area contributed by atoms with Crippen LogP contribution < -0.4 is 9.80 Å². The molecule has 272 valence electrons. The van der Waals surface area contributed by atoms with Gasteiger partial charge in [-0.2, -0.15) is 0 Å². The van der Waals surface area contributed by atoms with E-state index in [4.69, 9.17) is 0 Å². The summed E-state index contributed by atoms with van der Waals surface area (Å²) < 4.78 is 0. The van der Waals surface area contributed by atoms with E-state index in [2.05, 4.69) is 168 Å². The quantitative estimate of drug-likeness (QED) is 0.163. The molecular weight excluding hydrogens is 677 g/mol. The largest absolute Gasteiger partial charge is 0.372 e. The molecule has 0 radical (unpaired) electrons. The fraction of sp³-hybridized carbons (Fsp3) is 0.185. The topological polar surface area (TPSA) is 6.48 Å². The van der Waals surface area contributed by atoms with Crippen molar-refractivity contribution in [3.63, 3.8) is 0 Å². The van der Waals surface area contributed by atoms with Gasteiger partial charge in [-0.05, 0) is 162 Å². The predicted octanol–water partition coefficient (Wildman–Crippen LogP) is 14.4. The molecule has 0 aromatic heterocycles. The van der Waals surface area contributed by atoms with Crippen molar-refractivity contribution in [2.24, 2.45) is 0 Å². The number of piperidine rings is 2. The SMILES string of the molecule is c1ccc2c(-c3ccc4cc(-c5c6cc(N7CCCCC7)ccc6c(-c6cccc7ccccc67)c6cc(N7CCCCC7)ccc56)ccc4c3)cccc2c1. The number of anilines is 2. The molecular formula is C54H46N2. The average molecular weight is 723 g/mol. The summed E-state index contributed by atoms with van der Waals surface area (Å²) in [5, 5.41) is 13.0. The first-order chi connectivity index (χ1) is 27.8. The normalized spacial score (nSPS) is 15.1. The fourth-order valence-electron chi connectivity index (χ4n) is 9.99. The third-order valence-electron chi connectivity index (χ3n) is 12.8. The molecule has 2 aliphatic heterocycles. The molecule has 0 N–H and O–H groups in total. The van der Waals surface area contributed by atoms with Gasteiger partial charge in [-0.25, -0.2) is 0 Å². The van der Waals surface area contributed by atoms with Crippen LogP contribution in [0.4, 0.5) is 11.4 Å². The van der Waals surface area contributed by atoms with E-state index in [1.54, 1.807) is 0 Å². The molecule has 0 atom stereocenters. The van der Waals surface area contributed by atoms with Gasteiger partial charge in [0.05, 0.1) is 0 Å². The lowest BCUT2D eigenvalue weighted by molar-refractivity contribution is 0.578. The molecule has 2 fully saturated rings. The summed E-state index contributed by atoms with van der Waals surface area (Å²) in [7, 11) is 0. The van der Waals surface area contributed by atoms with E-state index in [1.807, 2.05) is 0 Å². The first kappa shape index (κ1) is 33.2. The van der Waals surface area contributed by atoms with E-state index < -0.39 is 0 Å². The summed E-state index contributed by atoms with van der Waals surface area (Å²) in [6.07, 6.45) is 7.68. The van der Waals surface area contributed by atoms with E-state index in [1.165, 1.54) is 137 Å². The molecule has 56 heavy (non-hydrogen) atoms. The summed E-state index contributed by atoms with van der Waals surface area (Å²) in [5.74, 6) is 0. The summed E-state index contributed by atoms with van der Waals surface area (Å²) in [6, 6.07) is 60.1. The Bertz CT molecular complexity index is 2930. The van der Waals surface area contributed by atoms with Crippen molar-refractivity contribution in [3.8, 4) is 33.4 Å². The second-order valence-electron chi connectivity index (χ2n) is 16.1. The highest BCUT2D eigenvalue weighted by Crippen LogP contribution is 2.48. The fourth-order valence-corrected chi connectivity index (χ4v) is 9.99. The molecule has 0 unspecified atom stereocenters. The highest BCUT2D eigenvalue weighted by Gasteiger charge is 2.22. The molecule has 0 amide bonds. The molecule has 2 nitrogen and oxygen atoms in total. The van der Waals surface area contributed by atoms with E-state index in [0.29, 0.717) is 0 Å². The van der Waals surface area contributed by atoms with Crippen LogP contribution in [0.2, 0.25) is 0 Å². The second-order valence-corrected chi connectivity index (χ2v) is 16.1. The van der Waals surface area contributed by atoms with Crippen LogP contribution in [0, 0.1) is 0 Å². The van der Waals surface area contributed by atoms with Crippen LogP contribution in [0.1, 0.15) is 38.5 Å². The van der Waals surface area contributed by atoms with Gasteiger partial charge in [0.2, 0.25) is 0 Å². The molecule has 2 aliphatic rings. The van der Waals surface area contributed by atoms with Crippen LogP contribution in [-0.4, -0.2) is 26.2 Å². The van der Waals surface area contributed by atoms with Crippen molar-refractivity contribution < 1.29 is 0 Å². The molecule has 9 aromatic carbocycles. The predicted molar refractivity (Wildman–Crippen MR) is 242 cm³/mol. The Hall–Kier alpha value is -6.12. The van der Waals surface area contributed by atoms with Crippen LogP contribution in [0.25, 0.3) is 87.2 Å². The third-order valence-corrected chi connectivity index (χ3v) is 12.8. The number of hydrogen-bond donors (Lipinski definition) is 0. The van der Waals surface area contributed by atoms with Crippen molar-refractivity contribution in [1.29, 1.82) is 0 Å². The van der Waals surface area contributed by atoms with E-state index in [-0.39, 0.29) is 0 Å². The van der Waals surface area contributed by atoms with Crippen molar-refractivity contribution in [2.75, 3.05) is 36.0 Å². The van der Waals surface area contributed by atoms with Gasteiger partial charge < -0.3 is 9.80 Å². The summed E-state index contributed by atoms with van der Waals surface area (Å²) in [4.78, 5) is 5.23. The van der Waals surface area contributed by atoms with Crippen LogP contribution in [-0.2, 0) is 0 Å². The number of fused-ring (bicyclic) bond motifs is 5. The Labute approximate surface area is 329 Å². The minimum Gasteiger partial charge on any atom is -0.372 e. The van der Waals surface area contributed by atoms with Gasteiger partial charge in [-0.3, -0.25) is 0 Å². The zero-order valence-electron chi connectivity index (χ0n) is 32.0. The van der Waals surface area contributed by atoms with Gasteiger partial charge in [0.1, 0.15) is 0 Å². The number of rotatable bonds is 5. The summed E-state index contributed by atoms with van der Waals surface area (Å²) >= 11 is 0. The zero-order chi connectivity index (χ0) is 37.0. The first-order valence-electron chi connectivity index (χ1n) is 20.8. The zero-order valence-corrected chi connectivity index (χ0v) is 32.0. The molecule has 2 heteroatoms. The molecule has 0 bridgehead atoms. The molecule has 2 heterocycles. The van der Waals surface area contributed by atoms with Gasteiger partial charge in [0.25, 0.3) is 0 Å². The van der Waals surface area contributed by atoms with Gasteiger partial charge in [-0.15, -0.1) is 0 Å². The standard InChI is InChI=1S/C54H46N2/c1-7-29-55(30-8-1)43-26-28-50-51(35-43)53(42-24-22-39-33-41(23-21-40(39)34-42)47-19-11-15-37-13-3-5-17-45(37)47)49-27-25-44(56-31-9-2-10-32-56)36-52(49)54(50)48-20-12-16-38-14-4-6-18-46(38)48/h3-6,11-28,33-36H,1-2,7-10,29-32H2. The van der Waals surface area contributed by atoms with Gasteiger partial charge >= 0.3 is 0 Å². The Morgan fingerprint density at radius 2 is 0.768 bits per heavy atom. The first-order valence-corrected chi connectivity index (χ1v) is 20.8. The second kappa shape index (κ2) is 13.9. The maximum Gasteiger partial charge on any atom is 0.0372 e. The van der Waals surface area contributed by atoms with Gasteiger partial charge in [0.15, 0.2) is 0 Å². The maximum atomic E-state index is 2.61. The molecule has 11 rings (SSSR count). The Morgan fingerprint density at radius 1 is 0.286 bits per heavy atom. The average Bonchev–Trinajstić information content (AvgIpc) is 3.28. The van der Waals surface area contributed by atoms with Crippen molar-refractivity contribution in [2.45, 2.75) is 38.5 Å². The molecule has 0 saturated carbocycles. The summed E-state index contributed by atoms with van der Waals surface area (Å²) in [5.41, 5.74) is 10.5. The van der Waals surface area contributed by atoms with E-state index in [0.717, 1.165) is 26.2 Å². The number of nitrogens with zero attached hydrogens (tertiary/aromatic N) is 2. The Balaban J connectivity index is 1.17. The minimum absolute atomic E-state index is 1.12. The highest BCUT2D eigenvalue weighted by molar-refractivity contribution is 6.24. The maximum absolute atomic E-state index is 2.61. The minimum atomic E-state index is 1.12. The number of hydrogen-bond acceptors (Lipinski definition) is 2. The Kier molecular flexibility index (Phi) is 8.23. The molecule has 2 saturated heterocycles. The lowest BCUT2D eigenvalue weighted by Gasteiger charge is -2.30. The van der Waals surface area contributed by atoms with Gasteiger partial charge in [0, 0.05) is 37.6 Å². The number of benzene rings is 9. The van der Waals surface area contributed by atoms with Crippen molar-refractivity contribution in [3.05, 3.63) is 158 Å². The lowest BCUT2D eigenvalue weighted by Crippen LogP contribution is -2.29. The highest BCUT2D eigenvalue weighted by atomic mass is 15.1. The smallest absolute Gasteiger partial charge is 0.0372 e. The third kappa shape index (κ3) is 5.70. The van der Waals surface area contributed by atoms with Crippen LogP contribution in [0.15, 0.2) is 158 Å². The van der Waals surface area contributed by atoms with Crippen molar-refractivity contribution >= 4 is 65.2 Å². The molecule has 0 spiro atoms. The van der Waals surface area contributed by atoms with E-state index in [9.17, 15) is 0 Å². The summed E-state index contributed by atoms with van der Waals surface area (Å²) in [6.45, 7) is 4.50. The molecule has 9 aromatic rings. The Morgan fingerprint density at radius 3 is 1.39 bits per heavy atom. The monoisotopic (exact) mass is 722 g/mol. The van der Waals surface area contributed by atoms with E-state index >= 15 is 0 Å². The molecule has 0 aliphatic carbocycles. The van der Waals surface area contributed by atoms with Crippen LogP contribution in [0.3, 0.4) is 0 Å². The van der Waals surface area contributed by atoms with Crippen molar-refractivity contribution in [1.82, 2.24) is 0 Å². The van der Waals surface area contributed by atoms with Gasteiger partial charge in [-0.1, -0.05) is 121 Å². The van der Waals surface area contributed by atoms with Crippen LogP contribution >= 0.6 is 0 Å².